The summed E-state index contributed by atoms with van der Waals surface area (Å²) in [5.74, 6) is -3.72. The predicted octanol–water partition coefficient (Wildman–Crippen LogP) is 3.33. The first-order chi connectivity index (χ1) is 8.44. The van der Waals surface area contributed by atoms with Gasteiger partial charge in [0.1, 0.15) is 0 Å². The summed E-state index contributed by atoms with van der Waals surface area (Å²) in [6.07, 6.45) is 1.11. The molecule has 1 fully saturated rings. The molecule has 6 heteroatoms. The van der Waals surface area contributed by atoms with Crippen LogP contribution < -0.4 is 0 Å². The van der Waals surface area contributed by atoms with E-state index in [9.17, 15) is 18.7 Å². The third-order valence-corrected chi connectivity index (χ3v) is 3.64. The fourth-order valence-corrected chi connectivity index (χ4v) is 2.41. The Morgan fingerprint density at radius 2 is 1.89 bits per heavy atom. The maximum atomic E-state index is 13.1. The summed E-state index contributed by atoms with van der Waals surface area (Å²) in [5.41, 5.74) is -0.444. The standard InChI is InChI=1S/C13H15F2NO2.ClH/c14-13(15)6-4-12(5-7-13,11(17)18)9-10-3-1-2-8-16-10;/h1-3,8H,4-7,9H2,(H,17,18);1H. The van der Waals surface area contributed by atoms with Crippen LogP contribution in [0.25, 0.3) is 0 Å². The Morgan fingerprint density at radius 1 is 1.26 bits per heavy atom. The molecule has 0 radical (unpaired) electrons. The van der Waals surface area contributed by atoms with Crippen molar-refractivity contribution in [3.63, 3.8) is 0 Å². The van der Waals surface area contributed by atoms with Gasteiger partial charge in [0, 0.05) is 31.2 Å². The normalized spacial score (nSPS) is 20.3. The maximum absolute atomic E-state index is 13.1. The highest BCUT2D eigenvalue weighted by Crippen LogP contribution is 2.45. The van der Waals surface area contributed by atoms with E-state index < -0.39 is 17.3 Å². The number of hydrogen-bond donors (Lipinski definition) is 1. The second-order valence-electron chi connectivity index (χ2n) is 4.94. The average Bonchev–Trinajstić information content (AvgIpc) is 2.33. The second kappa shape index (κ2) is 5.82. The van der Waals surface area contributed by atoms with Gasteiger partial charge in [0.25, 0.3) is 0 Å². The van der Waals surface area contributed by atoms with Gasteiger partial charge in [-0.05, 0) is 25.0 Å². The fourth-order valence-electron chi connectivity index (χ4n) is 2.41. The molecular weight excluding hydrogens is 276 g/mol. The molecule has 3 nitrogen and oxygen atoms in total. The Bertz CT molecular complexity index is 430. The summed E-state index contributed by atoms with van der Waals surface area (Å²) in [4.78, 5) is 15.5. The van der Waals surface area contributed by atoms with Crippen molar-refractivity contribution in [3.8, 4) is 0 Å². The topological polar surface area (TPSA) is 50.2 Å². The molecular formula is C13H16ClF2NO2. The molecule has 19 heavy (non-hydrogen) atoms. The van der Waals surface area contributed by atoms with Crippen LogP contribution in [0.2, 0.25) is 0 Å². The molecule has 0 unspecified atom stereocenters. The van der Waals surface area contributed by atoms with Gasteiger partial charge in [0.05, 0.1) is 5.41 Å². The number of hydrogen-bond acceptors (Lipinski definition) is 2. The molecule has 0 amide bonds. The van der Waals surface area contributed by atoms with Gasteiger partial charge in [-0.1, -0.05) is 6.07 Å². The Balaban J connectivity index is 0.00000180. The molecule has 1 saturated carbocycles. The third-order valence-electron chi connectivity index (χ3n) is 3.64. The van der Waals surface area contributed by atoms with E-state index in [2.05, 4.69) is 4.98 Å². The molecule has 1 N–H and O–H groups in total. The first kappa shape index (κ1) is 15.8. The highest BCUT2D eigenvalue weighted by Gasteiger charge is 2.48. The smallest absolute Gasteiger partial charge is 0.310 e. The zero-order valence-electron chi connectivity index (χ0n) is 10.3. The van der Waals surface area contributed by atoms with Crippen LogP contribution in [0.15, 0.2) is 24.4 Å². The third kappa shape index (κ3) is 3.62. The second-order valence-corrected chi connectivity index (χ2v) is 4.94. The van der Waals surface area contributed by atoms with Crippen molar-refractivity contribution in [1.82, 2.24) is 4.98 Å². The molecule has 106 valence electrons. The Morgan fingerprint density at radius 3 is 2.37 bits per heavy atom. The van der Waals surface area contributed by atoms with Gasteiger partial charge >= 0.3 is 5.97 Å². The van der Waals surface area contributed by atoms with E-state index in [1.165, 1.54) is 0 Å². The lowest BCUT2D eigenvalue weighted by Gasteiger charge is -2.36. The van der Waals surface area contributed by atoms with E-state index in [-0.39, 0.29) is 44.5 Å². The van der Waals surface area contributed by atoms with E-state index in [1.54, 1.807) is 24.4 Å². The van der Waals surface area contributed by atoms with Crippen LogP contribution in [0.4, 0.5) is 8.78 Å². The van der Waals surface area contributed by atoms with E-state index in [4.69, 9.17) is 0 Å². The zero-order chi connectivity index (χ0) is 13.2. The lowest BCUT2D eigenvalue weighted by atomic mass is 9.70. The van der Waals surface area contributed by atoms with Crippen LogP contribution in [0.1, 0.15) is 31.4 Å². The number of carbonyl (C=O) groups is 1. The molecule has 0 aromatic carbocycles. The number of rotatable bonds is 3. The first-order valence-corrected chi connectivity index (χ1v) is 5.95. The molecule has 0 atom stereocenters. The van der Waals surface area contributed by atoms with Crippen molar-refractivity contribution in [2.45, 2.75) is 38.0 Å². The van der Waals surface area contributed by atoms with Gasteiger partial charge in [0.15, 0.2) is 0 Å². The number of nitrogens with zero attached hydrogens (tertiary/aromatic N) is 1. The summed E-state index contributed by atoms with van der Waals surface area (Å²) in [7, 11) is 0. The van der Waals surface area contributed by atoms with Crippen molar-refractivity contribution in [2.75, 3.05) is 0 Å². The average molecular weight is 292 g/mol. The molecule has 1 heterocycles. The van der Waals surface area contributed by atoms with Gasteiger partial charge in [0.2, 0.25) is 5.92 Å². The summed E-state index contributed by atoms with van der Waals surface area (Å²) in [6, 6.07) is 5.25. The minimum absolute atomic E-state index is 0. The summed E-state index contributed by atoms with van der Waals surface area (Å²) < 4.78 is 26.3. The van der Waals surface area contributed by atoms with Gasteiger partial charge < -0.3 is 5.11 Å². The highest BCUT2D eigenvalue weighted by molar-refractivity contribution is 5.85. The van der Waals surface area contributed by atoms with E-state index >= 15 is 0 Å². The Labute approximate surface area is 116 Å². The summed E-state index contributed by atoms with van der Waals surface area (Å²) >= 11 is 0. The number of pyridine rings is 1. The van der Waals surface area contributed by atoms with E-state index in [0.717, 1.165) is 0 Å². The van der Waals surface area contributed by atoms with Gasteiger partial charge in [-0.2, -0.15) is 0 Å². The zero-order valence-corrected chi connectivity index (χ0v) is 11.1. The number of alkyl halides is 2. The summed E-state index contributed by atoms with van der Waals surface area (Å²) in [5, 5.41) is 9.35. The number of carboxylic acids is 1. The number of aromatic nitrogens is 1. The molecule has 1 aliphatic carbocycles. The van der Waals surface area contributed by atoms with Gasteiger partial charge in [-0.3, -0.25) is 9.78 Å². The molecule has 0 spiro atoms. The van der Waals surface area contributed by atoms with E-state index in [1.807, 2.05) is 0 Å². The van der Waals surface area contributed by atoms with Crippen LogP contribution in [-0.2, 0) is 11.2 Å². The van der Waals surface area contributed by atoms with Crippen LogP contribution in [0.5, 0.6) is 0 Å². The van der Waals surface area contributed by atoms with Crippen molar-refractivity contribution in [1.29, 1.82) is 0 Å². The quantitative estimate of drug-likeness (QED) is 0.929. The van der Waals surface area contributed by atoms with Crippen molar-refractivity contribution < 1.29 is 18.7 Å². The van der Waals surface area contributed by atoms with Crippen molar-refractivity contribution >= 4 is 18.4 Å². The predicted molar refractivity (Wildman–Crippen MR) is 68.7 cm³/mol. The number of carboxylic acid groups (broad SMARTS) is 1. The van der Waals surface area contributed by atoms with Crippen molar-refractivity contribution in [2.24, 2.45) is 5.41 Å². The van der Waals surface area contributed by atoms with Crippen molar-refractivity contribution in [3.05, 3.63) is 30.1 Å². The van der Waals surface area contributed by atoms with Crippen LogP contribution in [-0.4, -0.2) is 22.0 Å². The molecule has 1 aromatic rings. The Kier molecular flexibility index (Phi) is 4.85. The molecule has 1 aromatic heterocycles. The number of halogens is 3. The molecule has 2 rings (SSSR count). The first-order valence-electron chi connectivity index (χ1n) is 5.95. The monoisotopic (exact) mass is 291 g/mol. The molecule has 1 aliphatic rings. The highest BCUT2D eigenvalue weighted by atomic mass is 35.5. The van der Waals surface area contributed by atoms with Gasteiger partial charge in [-0.25, -0.2) is 8.78 Å². The lowest BCUT2D eigenvalue weighted by Crippen LogP contribution is -2.41. The lowest BCUT2D eigenvalue weighted by molar-refractivity contribution is -0.156. The maximum Gasteiger partial charge on any atom is 0.310 e. The molecule has 0 saturated heterocycles. The van der Waals surface area contributed by atoms with Gasteiger partial charge in [-0.15, -0.1) is 12.4 Å². The minimum atomic E-state index is -2.72. The fraction of sp³-hybridized carbons (Fsp3) is 0.538. The largest absolute Gasteiger partial charge is 0.481 e. The van der Waals surface area contributed by atoms with E-state index in [0.29, 0.717) is 5.69 Å². The van der Waals surface area contributed by atoms with Crippen LogP contribution >= 0.6 is 12.4 Å². The minimum Gasteiger partial charge on any atom is -0.481 e. The van der Waals surface area contributed by atoms with Crippen LogP contribution in [0.3, 0.4) is 0 Å². The SMILES string of the molecule is Cl.O=C(O)C1(Cc2ccccn2)CCC(F)(F)CC1. The number of aliphatic carboxylic acids is 1. The van der Waals surface area contributed by atoms with Crippen LogP contribution in [0, 0.1) is 5.41 Å². The molecule has 0 aliphatic heterocycles. The molecule has 0 bridgehead atoms. The Hall–Kier alpha value is -1.23. The summed E-state index contributed by atoms with van der Waals surface area (Å²) in [6.45, 7) is 0.